The van der Waals surface area contributed by atoms with Crippen LogP contribution in [0.2, 0.25) is 19.1 Å². The van der Waals surface area contributed by atoms with Gasteiger partial charge in [-0.25, -0.2) is 0 Å². The van der Waals surface area contributed by atoms with Gasteiger partial charge in [0, 0.05) is 0 Å². The fourth-order valence-electron chi connectivity index (χ4n) is 3.23. The molecular weight excluding hydrogens is 292 g/mol. The maximum Gasteiger partial charge on any atom is 0.0709 e. The van der Waals surface area contributed by atoms with Crippen LogP contribution in [0.4, 0.5) is 0 Å². The van der Waals surface area contributed by atoms with E-state index in [-0.39, 0.29) is 0 Å². The summed E-state index contributed by atoms with van der Waals surface area (Å²) in [6, 6.07) is 1.44. The number of hydrogen-bond acceptors (Lipinski definition) is 0. The Kier molecular flexibility index (Phi) is 16.8. The second-order valence-corrected chi connectivity index (χ2v) is 13.1. The summed E-state index contributed by atoms with van der Waals surface area (Å²) in [7, 11) is -1.02. The monoisotopic (exact) mass is 338 g/mol. The van der Waals surface area contributed by atoms with Crippen LogP contribution in [0.5, 0.6) is 0 Å². The molecule has 0 aromatic rings. The van der Waals surface area contributed by atoms with E-state index in [9.17, 15) is 0 Å². The molecule has 0 radical (unpaired) electrons. The van der Waals surface area contributed by atoms with Crippen LogP contribution in [-0.4, -0.2) is 8.07 Å². The van der Waals surface area contributed by atoms with Gasteiger partial charge in [0.15, 0.2) is 0 Å². The number of unbranched alkanes of at least 4 members (excludes halogenated alkanes) is 15. The van der Waals surface area contributed by atoms with Gasteiger partial charge in [-0.1, -0.05) is 129 Å². The minimum absolute atomic E-state index is 1.02. The first-order valence-electron chi connectivity index (χ1n) is 10.8. The van der Waals surface area contributed by atoms with Crippen molar-refractivity contribution in [2.24, 2.45) is 0 Å². The Morgan fingerprint density at radius 1 is 0.565 bits per heavy atom. The summed E-state index contributed by atoms with van der Waals surface area (Å²) >= 11 is 0. The molecule has 0 aromatic heterocycles. The van der Waals surface area contributed by atoms with E-state index in [0.29, 0.717) is 0 Å². The zero-order valence-electron chi connectivity index (χ0n) is 16.8. The Morgan fingerprint density at radius 2 is 0.870 bits per heavy atom. The minimum Gasteiger partial charge on any atom is -0.107 e. The summed E-state index contributed by atoms with van der Waals surface area (Å²) < 4.78 is 0. The van der Waals surface area contributed by atoms with Gasteiger partial charge in [0.1, 0.15) is 0 Å². The van der Waals surface area contributed by atoms with Crippen molar-refractivity contribution in [1.82, 2.24) is 0 Å². The lowest BCUT2D eigenvalue weighted by Crippen LogP contribution is -2.21. The highest BCUT2D eigenvalue weighted by Gasteiger charge is 2.14. The van der Waals surface area contributed by atoms with Gasteiger partial charge >= 0.3 is 0 Å². The lowest BCUT2D eigenvalue weighted by molar-refractivity contribution is 0.531. The van der Waals surface area contributed by atoms with E-state index in [2.05, 4.69) is 32.3 Å². The Hall–Kier alpha value is -0.0431. The van der Waals surface area contributed by atoms with E-state index in [4.69, 9.17) is 0 Å². The van der Waals surface area contributed by atoms with Gasteiger partial charge in [-0.3, -0.25) is 0 Å². The quantitative estimate of drug-likeness (QED) is 0.173. The van der Waals surface area contributed by atoms with E-state index in [1.54, 1.807) is 0 Å². The van der Waals surface area contributed by atoms with Gasteiger partial charge in [-0.2, -0.15) is 0 Å². The fourth-order valence-corrected chi connectivity index (χ4v) is 4.60. The van der Waals surface area contributed by atoms with Crippen LogP contribution in [0.1, 0.15) is 110 Å². The highest BCUT2D eigenvalue weighted by molar-refractivity contribution is 6.82. The van der Waals surface area contributed by atoms with Crippen molar-refractivity contribution in [2.75, 3.05) is 0 Å². The summed E-state index contributed by atoms with van der Waals surface area (Å²) in [5.74, 6) is 0. The zero-order valence-corrected chi connectivity index (χ0v) is 17.8. The molecule has 1 heteroatoms. The molecule has 0 nitrogen and oxygen atoms in total. The van der Waals surface area contributed by atoms with Crippen LogP contribution in [0.25, 0.3) is 0 Å². The van der Waals surface area contributed by atoms with Crippen molar-refractivity contribution in [3.05, 3.63) is 12.3 Å². The third-order valence-electron chi connectivity index (χ3n) is 5.23. The van der Waals surface area contributed by atoms with Crippen molar-refractivity contribution < 1.29 is 0 Å². The average molecular weight is 339 g/mol. The third kappa shape index (κ3) is 18.1. The first kappa shape index (κ1) is 23.0. The Labute approximate surface area is 149 Å². The van der Waals surface area contributed by atoms with Gasteiger partial charge < -0.3 is 0 Å². The van der Waals surface area contributed by atoms with Crippen molar-refractivity contribution in [3.63, 3.8) is 0 Å². The van der Waals surface area contributed by atoms with E-state index < -0.39 is 8.07 Å². The highest BCUT2D eigenvalue weighted by Crippen LogP contribution is 2.17. The molecule has 0 saturated heterocycles. The third-order valence-corrected chi connectivity index (χ3v) is 7.97. The Bertz CT molecular complexity index is 244. The van der Waals surface area contributed by atoms with Gasteiger partial charge in [0.2, 0.25) is 0 Å². The molecule has 23 heavy (non-hydrogen) atoms. The predicted octanol–water partition coefficient (Wildman–Crippen LogP) is 8.68. The van der Waals surface area contributed by atoms with Crippen LogP contribution in [0.15, 0.2) is 12.3 Å². The molecule has 138 valence electrons. The molecule has 0 rings (SSSR count). The molecule has 0 bridgehead atoms. The largest absolute Gasteiger partial charge is 0.107 e. The molecule has 0 aliphatic heterocycles. The molecule has 0 aliphatic rings. The predicted molar refractivity (Wildman–Crippen MR) is 112 cm³/mol. The van der Waals surface area contributed by atoms with Crippen LogP contribution in [0.3, 0.4) is 0 Å². The molecule has 0 saturated carbocycles. The van der Waals surface area contributed by atoms with Crippen LogP contribution >= 0.6 is 0 Å². The molecule has 0 aliphatic carbocycles. The highest BCUT2D eigenvalue weighted by atomic mass is 28.3. The fraction of sp³-hybridized carbons (Fsp3) is 0.909. The van der Waals surface area contributed by atoms with Gasteiger partial charge in [-0.05, 0) is 0 Å². The molecule has 0 atom stereocenters. The standard InChI is InChI=1S/C22H46Si/c1-5-7-8-9-10-11-12-13-14-15-16-17-18-19-20-21-22-23(3,4)6-2/h6H,2,5,7-22H2,1,3-4H3. The first-order chi connectivity index (χ1) is 11.1. The summed E-state index contributed by atoms with van der Waals surface area (Å²) in [5.41, 5.74) is 2.25. The molecule has 0 unspecified atom stereocenters. The van der Waals surface area contributed by atoms with Crippen molar-refractivity contribution in [2.45, 2.75) is 129 Å². The van der Waals surface area contributed by atoms with Crippen LogP contribution < -0.4 is 0 Å². The normalized spacial score (nSPS) is 11.8. The lowest BCUT2D eigenvalue weighted by Gasteiger charge is -2.16. The van der Waals surface area contributed by atoms with Crippen LogP contribution in [-0.2, 0) is 0 Å². The second kappa shape index (κ2) is 16.8. The van der Waals surface area contributed by atoms with Crippen molar-refractivity contribution in [1.29, 1.82) is 0 Å². The molecule has 0 heterocycles. The van der Waals surface area contributed by atoms with E-state index >= 15 is 0 Å². The summed E-state index contributed by atoms with van der Waals surface area (Å²) in [6.07, 6.45) is 23.4. The SMILES string of the molecule is C=C[Si](C)(C)CCCCCCCCCCCCCCCCCC. The number of hydrogen-bond donors (Lipinski definition) is 0. The molecular formula is C22H46Si. The second-order valence-electron chi connectivity index (χ2n) is 8.25. The Balaban J connectivity index is 3.07. The minimum atomic E-state index is -1.02. The van der Waals surface area contributed by atoms with Crippen LogP contribution in [0, 0.1) is 0 Å². The van der Waals surface area contributed by atoms with Gasteiger partial charge in [-0.15, -0.1) is 12.3 Å². The average Bonchev–Trinajstić information content (AvgIpc) is 2.54. The summed E-state index contributed by atoms with van der Waals surface area (Å²) in [6.45, 7) is 11.2. The number of rotatable bonds is 18. The first-order valence-corrected chi connectivity index (χ1v) is 14.0. The van der Waals surface area contributed by atoms with Gasteiger partial charge in [0.05, 0.1) is 8.07 Å². The topological polar surface area (TPSA) is 0 Å². The lowest BCUT2D eigenvalue weighted by atomic mass is 10.0. The van der Waals surface area contributed by atoms with E-state index in [1.807, 2.05) is 0 Å². The Morgan fingerprint density at radius 3 is 1.17 bits per heavy atom. The maximum atomic E-state index is 3.99. The van der Waals surface area contributed by atoms with E-state index in [0.717, 1.165) is 0 Å². The molecule has 0 fully saturated rings. The summed E-state index contributed by atoms with van der Waals surface area (Å²) in [4.78, 5) is 0. The molecule has 0 N–H and O–H groups in total. The maximum absolute atomic E-state index is 3.99. The molecule has 0 amide bonds. The molecule has 0 spiro atoms. The smallest absolute Gasteiger partial charge is 0.0709 e. The molecule has 0 aromatic carbocycles. The summed E-state index contributed by atoms with van der Waals surface area (Å²) in [5, 5.41) is 0. The van der Waals surface area contributed by atoms with Crippen molar-refractivity contribution in [3.8, 4) is 0 Å². The van der Waals surface area contributed by atoms with Gasteiger partial charge in [0.25, 0.3) is 0 Å². The van der Waals surface area contributed by atoms with Crippen molar-refractivity contribution >= 4 is 8.07 Å². The van der Waals surface area contributed by atoms with E-state index in [1.165, 1.54) is 109 Å². The zero-order chi connectivity index (χ0) is 17.2.